The van der Waals surface area contributed by atoms with Crippen molar-refractivity contribution in [1.82, 2.24) is 9.37 Å². The highest BCUT2D eigenvalue weighted by Gasteiger charge is 2.40. The number of fused-ring (bicyclic) bond motifs is 2. The predicted molar refractivity (Wildman–Crippen MR) is 216 cm³/mol. The molecule has 2 aromatic carbocycles. The lowest BCUT2D eigenvalue weighted by Gasteiger charge is -2.27. The summed E-state index contributed by atoms with van der Waals surface area (Å²) in [5.41, 5.74) is 2.11. The fraction of sp³-hybridized carbons (Fsp3) is 0.487. The lowest BCUT2D eigenvalue weighted by atomic mass is 9.83. The van der Waals surface area contributed by atoms with Crippen LogP contribution in [0.1, 0.15) is 95.0 Å². The van der Waals surface area contributed by atoms with Crippen LogP contribution in [0.15, 0.2) is 64.0 Å². The van der Waals surface area contributed by atoms with Crippen molar-refractivity contribution in [2.45, 2.75) is 106 Å². The molecule has 1 aromatic heterocycles. The van der Waals surface area contributed by atoms with Crippen LogP contribution in [0.25, 0.3) is 16.3 Å². The molecule has 0 radical (unpaired) electrons. The average molecular weight is 892 g/mol. The maximum Gasteiger partial charge on any atom is 0.333 e. The number of sulfonamides is 1. The van der Waals surface area contributed by atoms with Crippen LogP contribution < -0.4 is 9.47 Å². The first-order valence-electron chi connectivity index (χ1n) is 19.5. The second kappa shape index (κ2) is 17.9. The van der Waals surface area contributed by atoms with Crippen molar-refractivity contribution in [1.29, 1.82) is 0 Å². The van der Waals surface area contributed by atoms with E-state index in [1.54, 1.807) is 24.3 Å². The van der Waals surface area contributed by atoms with E-state index in [0.717, 1.165) is 35.5 Å². The third-order valence-electron chi connectivity index (χ3n) is 10.8. The third-order valence-corrected chi connectivity index (χ3v) is 15.4. The highest BCUT2D eigenvalue weighted by atomic mass is 32.2. The number of unbranched alkanes of at least 4 members (excludes halogenated alkanes) is 3. The maximum atomic E-state index is 13.5. The summed E-state index contributed by atoms with van der Waals surface area (Å²) >= 11 is 1.36. The zero-order chi connectivity index (χ0) is 42.8. The largest absolute Gasteiger partial charge is 0.748 e. The van der Waals surface area contributed by atoms with Crippen LogP contribution in [0.4, 0.5) is 5.69 Å². The van der Waals surface area contributed by atoms with Gasteiger partial charge in [-0.25, -0.2) is 30.0 Å². The van der Waals surface area contributed by atoms with Crippen molar-refractivity contribution >= 4 is 81.4 Å². The number of benzene rings is 2. The summed E-state index contributed by atoms with van der Waals surface area (Å²) in [5, 5.41) is 1.25. The fourth-order valence-corrected chi connectivity index (χ4v) is 11.5. The fourth-order valence-electron chi connectivity index (χ4n) is 7.70. The molecule has 0 unspecified atom stereocenters. The Labute approximate surface area is 348 Å². The summed E-state index contributed by atoms with van der Waals surface area (Å²) in [7, 11) is -12.9. The topological polar surface area (TPSA) is 223 Å². The first kappa shape index (κ1) is 44.5. The van der Waals surface area contributed by atoms with Gasteiger partial charge in [0.05, 0.1) is 19.9 Å². The number of nitrogens with zero attached hydrogens (tertiary/aromatic N) is 4. The summed E-state index contributed by atoms with van der Waals surface area (Å²) in [5.74, 6) is -2.30. The molecule has 3 aliphatic rings. The van der Waals surface area contributed by atoms with E-state index in [9.17, 15) is 48.7 Å². The van der Waals surface area contributed by atoms with E-state index < -0.39 is 59.2 Å². The molecule has 3 aliphatic heterocycles. The third kappa shape index (κ3) is 10.3. The van der Waals surface area contributed by atoms with Crippen LogP contribution in [0.2, 0.25) is 0 Å². The molecule has 0 atom stereocenters. The van der Waals surface area contributed by atoms with E-state index >= 15 is 0 Å². The number of amides is 2. The lowest BCUT2D eigenvalue weighted by Crippen LogP contribution is -2.36. The summed E-state index contributed by atoms with van der Waals surface area (Å²) in [6.45, 7) is 5.56. The zero-order valence-corrected chi connectivity index (χ0v) is 36.1. The SMILES string of the molecule is CC1(C)/C(=C\C=C\c2sc3cc(S(=O)(=O)N4CCCCC4)ccc3[n+]2CCCCS(=O)(=O)[O-])N(CCCCCC(=O)ON2C(=O)CCC2=O)c2ccc(S(=O)(=O)[O-])cc21. The molecule has 2 saturated heterocycles. The first-order valence-corrected chi connectivity index (χ1v) is 24.7. The van der Waals surface area contributed by atoms with Crippen LogP contribution in [0.3, 0.4) is 0 Å². The van der Waals surface area contributed by atoms with Crippen LogP contribution >= 0.6 is 11.3 Å². The van der Waals surface area contributed by atoms with Gasteiger partial charge in [-0.05, 0) is 74.1 Å². The Bertz CT molecular complexity index is 2510. The molecule has 3 aromatic rings. The number of carbonyl (C=O) groups is 3. The Kier molecular flexibility index (Phi) is 13.5. The minimum atomic E-state index is -4.75. The number of hydroxylamine groups is 2. The van der Waals surface area contributed by atoms with Gasteiger partial charge in [-0.1, -0.05) is 44.1 Å². The van der Waals surface area contributed by atoms with Gasteiger partial charge in [-0.15, -0.1) is 5.06 Å². The monoisotopic (exact) mass is 891 g/mol. The molecule has 320 valence electrons. The van der Waals surface area contributed by atoms with Crippen LogP contribution in [-0.2, 0) is 61.4 Å². The number of allylic oxidation sites excluding steroid dienone is 3. The van der Waals surface area contributed by atoms with E-state index in [2.05, 4.69) is 0 Å². The van der Waals surface area contributed by atoms with Crippen molar-refractivity contribution in [3.8, 4) is 0 Å². The van der Waals surface area contributed by atoms with Crippen LogP contribution in [-0.4, -0.2) is 86.9 Å². The van der Waals surface area contributed by atoms with Gasteiger partial charge < -0.3 is 18.8 Å². The smallest absolute Gasteiger partial charge is 0.333 e. The van der Waals surface area contributed by atoms with Crippen LogP contribution in [0.5, 0.6) is 0 Å². The number of rotatable bonds is 17. The molecule has 20 heteroatoms. The molecule has 59 heavy (non-hydrogen) atoms. The van der Waals surface area contributed by atoms with Gasteiger partial charge in [0.2, 0.25) is 15.5 Å². The highest BCUT2D eigenvalue weighted by molar-refractivity contribution is 7.89. The molecule has 0 bridgehead atoms. The van der Waals surface area contributed by atoms with Gasteiger partial charge in [0.25, 0.3) is 16.8 Å². The second-order valence-corrected chi connectivity index (χ2v) is 21.2. The van der Waals surface area contributed by atoms with Crippen molar-refractivity contribution in [2.75, 3.05) is 30.3 Å². The normalized spacial score (nSPS) is 18.5. The molecule has 2 amide bonds. The standard InChI is InChI=1S/C39H48N4O12S4/c1-39(2)30-26-29(59(52,53)54)16-17-31(30)41(23-8-3-5-14-38(46)55-43-35(44)19-20-36(43)45)34(39)12-11-13-37-42(24-9-10-25-57(47,48)49)32-18-15-28(27-33(32)56-37)58(50,51)40-21-6-4-7-22-40/h11-13,15-18,26-27H,3-10,14,19-25H2,1-2H3,(H-,47,48,49,52,53,54)/p-1. The van der Waals surface area contributed by atoms with Crippen LogP contribution in [0, 0.1) is 0 Å². The summed E-state index contributed by atoms with van der Waals surface area (Å²) in [6.07, 6.45) is 10.2. The van der Waals surface area contributed by atoms with Gasteiger partial charge in [-0.3, -0.25) is 9.59 Å². The molecule has 0 N–H and O–H groups in total. The van der Waals surface area contributed by atoms with E-state index in [0.29, 0.717) is 72.9 Å². The predicted octanol–water partition coefficient (Wildman–Crippen LogP) is 4.46. The number of thiazole rings is 1. The van der Waals surface area contributed by atoms with Crippen molar-refractivity contribution in [3.63, 3.8) is 0 Å². The number of carbonyl (C=O) groups excluding carboxylic acids is 3. The summed E-state index contributed by atoms with van der Waals surface area (Å²) in [6, 6.07) is 9.25. The number of aryl methyl sites for hydroxylation is 1. The van der Waals surface area contributed by atoms with Gasteiger partial charge in [0, 0.05) is 80.0 Å². The number of hydrogen-bond acceptors (Lipinski definition) is 14. The average Bonchev–Trinajstić information content (AvgIpc) is 3.76. The molecule has 0 saturated carbocycles. The maximum absolute atomic E-state index is 13.5. The number of hydrogen-bond donors (Lipinski definition) is 0. The van der Waals surface area contributed by atoms with Crippen molar-refractivity contribution < 1.29 is 58.1 Å². The highest BCUT2D eigenvalue weighted by Crippen LogP contribution is 2.48. The Morgan fingerprint density at radius 2 is 1.58 bits per heavy atom. The molecule has 0 aliphatic carbocycles. The molecule has 4 heterocycles. The first-order chi connectivity index (χ1) is 27.8. The number of aromatic nitrogens is 1. The summed E-state index contributed by atoms with van der Waals surface area (Å²) in [4.78, 5) is 42.8. The molecule has 0 spiro atoms. The van der Waals surface area contributed by atoms with E-state index in [4.69, 9.17) is 4.84 Å². The minimum absolute atomic E-state index is 0.00113. The van der Waals surface area contributed by atoms with Gasteiger partial charge in [-0.2, -0.15) is 8.87 Å². The van der Waals surface area contributed by atoms with E-state index in [1.807, 2.05) is 41.5 Å². The van der Waals surface area contributed by atoms with E-state index in [-0.39, 0.29) is 35.5 Å². The molecular formula is C39H47N4O12S4-. The lowest BCUT2D eigenvalue weighted by molar-refractivity contribution is -0.669. The van der Waals surface area contributed by atoms with Crippen molar-refractivity contribution in [3.05, 3.63) is 64.8 Å². The van der Waals surface area contributed by atoms with Gasteiger partial charge >= 0.3 is 5.97 Å². The Hall–Kier alpha value is -4.05. The van der Waals surface area contributed by atoms with E-state index in [1.165, 1.54) is 27.8 Å². The van der Waals surface area contributed by atoms with Crippen molar-refractivity contribution in [2.24, 2.45) is 0 Å². The number of imide groups is 1. The Morgan fingerprint density at radius 1 is 0.881 bits per heavy atom. The molecule has 2 fully saturated rings. The number of piperidine rings is 1. The Balaban J connectivity index is 1.27. The Morgan fingerprint density at radius 3 is 2.25 bits per heavy atom. The quantitative estimate of drug-likeness (QED) is 0.0792. The van der Waals surface area contributed by atoms with Gasteiger partial charge in [0.1, 0.15) is 14.8 Å². The molecule has 6 rings (SSSR count). The second-order valence-electron chi connectivity index (χ2n) is 15.3. The number of anilines is 1. The summed E-state index contributed by atoms with van der Waals surface area (Å²) < 4.78 is 101. The minimum Gasteiger partial charge on any atom is -0.748 e. The molecular weight excluding hydrogens is 845 g/mol. The molecule has 16 nitrogen and oxygen atoms in total. The van der Waals surface area contributed by atoms with Gasteiger partial charge in [0.15, 0.2) is 6.54 Å². The zero-order valence-electron chi connectivity index (χ0n) is 32.8.